The number of aryl methyl sites for hydroxylation is 1. The Morgan fingerprint density at radius 3 is 2.75 bits per heavy atom. The number of aromatic nitrogens is 2. The van der Waals surface area contributed by atoms with Crippen molar-refractivity contribution in [2.24, 2.45) is 0 Å². The van der Waals surface area contributed by atoms with E-state index < -0.39 is 0 Å². The first-order chi connectivity index (χ1) is 9.63. The van der Waals surface area contributed by atoms with E-state index in [1.165, 1.54) is 0 Å². The van der Waals surface area contributed by atoms with E-state index in [0.29, 0.717) is 34.8 Å². The van der Waals surface area contributed by atoms with Gasteiger partial charge in [-0.3, -0.25) is 0 Å². The molecule has 1 N–H and O–H groups in total. The molecule has 6 nitrogen and oxygen atoms in total. The summed E-state index contributed by atoms with van der Waals surface area (Å²) in [6, 6.07) is 3.53. The Labute approximate surface area is 122 Å². The lowest BCUT2D eigenvalue weighted by Gasteiger charge is -2.14. The van der Waals surface area contributed by atoms with Gasteiger partial charge in [0.05, 0.1) is 7.11 Å². The number of methoxy groups -OCH3 is 1. The van der Waals surface area contributed by atoms with Crippen molar-refractivity contribution in [1.82, 2.24) is 15.5 Å². The van der Waals surface area contributed by atoms with Crippen LogP contribution in [-0.2, 0) is 13.2 Å². The number of benzene rings is 1. The fraction of sp³-hybridized carbons (Fsp3) is 0.385. The molecule has 0 bridgehead atoms. The van der Waals surface area contributed by atoms with Crippen molar-refractivity contribution in [2.75, 3.05) is 14.2 Å². The third-order valence-corrected chi connectivity index (χ3v) is 2.81. The molecule has 2 rings (SSSR count). The van der Waals surface area contributed by atoms with Crippen LogP contribution < -0.4 is 14.8 Å². The van der Waals surface area contributed by atoms with E-state index in [-0.39, 0.29) is 6.61 Å². The average molecular weight is 298 g/mol. The smallest absolute Gasteiger partial charge is 0.253 e. The minimum Gasteiger partial charge on any atom is -0.493 e. The molecule has 0 saturated heterocycles. The Bertz CT molecular complexity index is 586. The summed E-state index contributed by atoms with van der Waals surface area (Å²) in [5, 5.41) is 11.3. The predicted octanol–water partition coefficient (Wildman–Crippen LogP) is 2.34. The molecule has 2 aromatic rings. The first kappa shape index (κ1) is 14.6. The minimum atomic E-state index is 0.176. The Hall–Kier alpha value is -1.79. The number of hydrogen-bond acceptors (Lipinski definition) is 6. The molecular weight excluding hydrogens is 282 g/mol. The third-order valence-electron chi connectivity index (χ3n) is 2.59. The minimum absolute atomic E-state index is 0.176. The topological polar surface area (TPSA) is 69.4 Å². The summed E-state index contributed by atoms with van der Waals surface area (Å²) in [7, 11) is 3.41. The van der Waals surface area contributed by atoms with Crippen LogP contribution >= 0.6 is 11.6 Å². The summed E-state index contributed by atoms with van der Waals surface area (Å²) < 4.78 is 16.3. The van der Waals surface area contributed by atoms with Crippen molar-refractivity contribution in [2.45, 2.75) is 20.1 Å². The Balaban J connectivity index is 2.23. The van der Waals surface area contributed by atoms with E-state index in [1.807, 2.05) is 13.1 Å². The largest absolute Gasteiger partial charge is 0.493 e. The van der Waals surface area contributed by atoms with Crippen LogP contribution in [0.25, 0.3) is 0 Å². The Morgan fingerprint density at radius 2 is 2.15 bits per heavy atom. The maximum absolute atomic E-state index is 6.05. The quantitative estimate of drug-likeness (QED) is 0.882. The van der Waals surface area contributed by atoms with Gasteiger partial charge >= 0.3 is 0 Å². The second kappa shape index (κ2) is 6.58. The fourth-order valence-corrected chi connectivity index (χ4v) is 2.02. The van der Waals surface area contributed by atoms with Crippen LogP contribution in [0.2, 0.25) is 5.02 Å². The Morgan fingerprint density at radius 1 is 1.35 bits per heavy atom. The molecule has 0 fully saturated rings. The molecule has 20 heavy (non-hydrogen) atoms. The van der Waals surface area contributed by atoms with Gasteiger partial charge in [0.1, 0.15) is 0 Å². The fourth-order valence-electron chi connectivity index (χ4n) is 1.79. The van der Waals surface area contributed by atoms with Crippen molar-refractivity contribution in [1.29, 1.82) is 0 Å². The molecule has 0 unspecified atom stereocenters. The molecule has 0 amide bonds. The van der Waals surface area contributed by atoms with Gasteiger partial charge in [-0.2, -0.15) is 0 Å². The molecule has 0 spiro atoms. The Kier molecular flexibility index (Phi) is 4.81. The number of nitrogens with zero attached hydrogens (tertiary/aromatic N) is 2. The molecule has 1 aromatic carbocycles. The van der Waals surface area contributed by atoms with E-state index in [9.17, 15) is 0 Å². The molecule has 0 radical (unpaired) electrons. The SMILES string of the molecule is CNCc1cc(Cl)cc(OC)c1OCc1nnc(C)o1. The monoisotopic (exact) mass is 297 g/mol. The molecule has 7 heteroatoms. The van der Waals surface area contributed by atoms with Gasteiger partial charge in [-0.15, -0.1) is 10.2 Å². The van der Waals surface area contributed by atoms with Crippen LogP contribution in [0.4, 0.5) is 0 Å². The highest BCUT2D eigenvalue weighted by atomic mass is 35.5. The highest BCUT2D eigenvalue weighted by molar-refractivity contribution is 6.30. The van der Waals surface area contributed by atoms with Crippen molar-refractivity contribution in [3.63, 3.8) is 0 Å². The van der Waals surface area contributed by atoms with Gasteiger partial charge in [-0.1, -0.05) is 11.6 Å². The van der Waals surface area contributed by atoms with Gasteiger partial charge < -0.3 is 19.2 Å². The highest BCUT2D eigenvalue weighted by Crippen LogP contribution is 2.35. The maximum atomic E-state index is 6.05. The molecule has 1 aromatic heterocycles. The van der Waals surface area contributed by atoms with E-state index in [1.54, 1.807) is 20.1 Å². The van der Waals surface area contributed by atoms with E-state index in [0.717, 1.165) is 5.56 Å². The number of rotatable bonds is 6. The van der Waals surface area contributed by atoms with Gasteiger partial charge in [0.2, 0.25) is 5.89 Å². The molecule has 1 heterocycles. The second-order valence-corrected chi connectivity index (χ2v) is 4.57. The lowest BCUT2D eigenvalue weighted by atomic mass is 10.2. The van der Waals surface area contributed by atoms with Crippen LogP contribution in [-0.4, -0.2) is 24.4 Å². The normalized spacial score (nSPS) is 10.6. The summed E-state index contributed by atoms with van der Waals surface area (Å²) in [4.78, 5) is 0. The number of halogens is 1. The lowest BCUT2D eigenvalue weighted by molar-refractivity contribution is 0.245. The summed E-state index contributed by atoms with van der Waals surface area (Å²) >= 11 is 6.05. The molecule has 0 aliphatic heterocycles. The zero-order valence-corrected chi connectivity index (χ0v) is 12.3. The van der Waals surface area contributed by atoms with Crippen molar-refractivity contribution < 1.29 is 13.9 Å². The molecule has 0 atom stereocenters. The van der Waals surface area contributed by atoms with Gasteiger partial charge in [0, 0.05) is 30.1 Å². The molecule has 108 valence electrons. The summed E-state index contributed by atoms with van der Waals surface area (Å²) in [5.41, 5.74) is 0.896. The zero-order valence-electron chi connectivity index (χ0n) is 11.6. The molecule has 0 aliphatic rings. The summed E-state index contributed by atoms with van der Waals surface area (Å²) in [6.07, 6.45) is 0. The van der Waals surface area contributed by atoms with Gasteiger partial charge in [-0.05, 0) is 13.1 Å². The predicted molar refractivity (Wildman–Crippen MR) is 74.1 cm³/mol. The lowest BCUT2D eigenvalue weighted by Crippen LogP contribution is -2.09. The van der Waals surface area contributed by atoms with E-state index in [2.05, 4.69) is 15.5 Å². The number of nitrogens with one attached hydrogen (secondary N) is 1. The van der Waals surface area contributed by atoms with Gasteiger partial charge in [0.25, 0.3) is 5.89 Å². The van der Waals surface area contributed by atoms with E-state index in [4.69, 9.17) is 25.5 Å². The van der Waals surface area contributed by atoms with Crippen LogP contribution in [0.15, 0.2) is 16.5 Å². The average Bonchev–Trinajstić information content (AvgIpc) is 2.83. The van der Waals surface area contributed by atoms with Crippen molar-refractivity contribution in [3.8, 4) is 11.5 Å². The molecule has 0 saturated carbocycles. The third kappa shape index (κ3) is 3.40. The standard InChI is InChI=1S/C13H16ClN3O3/c1-8-16-17-12(20-8)7-19-13-9(6-15-2)4-10(14)5-11(13)18-3/h4-5,15H,6-7H2,1-3H3. The van der Waals surface area contributed by atoms with Crippen molar-refractivity contribution >= 4 is 11.6 Å². The molecule has 0 aliphatic carbocycles. The van der Waals surface area contributed by atoms with Crippen molar-refractivity contribution in [3.05, 3.63) is 34.5 Å². The second-order valence-electron chi connectivity index (χ2n) is 4.13. The first-order valence-corrected chi connectivity index (χ1v) is 6.44. The van der Waals surface area contributed by atoms with Gasteiger partial charge in [0.15, 0.2) is 18.1 Å². The summed E-state index contributed by atoms with van der Waals surface area (Å²) in [5.74, 6) is 2.10. The van der Waals surface area contributed by atoms with Crippen LogP contribution in [0, 0.1) is 6.92 Å². The van der Waals surface area contributed by atoms with Crippen LogP contribution in [0.3, 0.4) is 0 Å². The maximum Gasteiger partial charge on any atom is 0.253 e. The zero-order chi connectivity index (χ0) is 14.5. The number of ether oxygens (including phenoxy) is 2. The number of hydrogen-bond donors (Lipinski definition) is 1. The highest BCUT2D eigenvalue weighted by Gasteiger charge is 2.14. The van der Waals surface area contributed by atoms with Gasteiger partial charge in [-0.25, -0.2) is 0 Å². The van der Waals surface area contributed by atoms with Crippen LogP contribution in [0.1, 0.15) is 17.3 Å². The molecular formula is C13H16ClN3O3. The first-order valence-electron chi connectivity index (χ1n) is 6.06. The van der Waals surface area contributed by atoms with E-state index >= 15 is 0 Å². The summed E-state index contributed by atoms with van der Waals surface area (Å²) in [6.45, 7) is 2.51. The van der Waals surface area contributed by atoms with Crippen LogP contribution in [0.5, 0.6) is 11.5 Å².